The number of benzene rings is 1. The van der Waals surface area contributed by atoms with E-state index in [-0.39, 0.29) is 5.92 Å². The maximum Gasteiger partial charge on any atom is 0.225 e. The zero-order valence-corrected chi connectivity index (χ0v) is 19.2. The Bertz CT molecular complexity index is 994. The molecule has 1 saturated heterocycles. The molecule has 1 N–H and O–H groups in total. The van der Waals surface area contributed by atoms with Gasteiger partial charge in [0.15, 0.2) is 0 Å². The van der Waals surface area contributed by atoms with Gasteiger partial charge < -0.3 is 10.2 Å². The Morgan fingerprint density at radius 1 is 1.13 bits per heavy atom. The molecule has 2 aromatic heterocycles. The topological polar surface area (TPSA) is 61.4 Å². The fraction of sp³-hybridized carbons (Fsp3) is 0.458. The number of amides is 1. The quantitative estimate of drug-likeness (QED) is 0.567. The van der Waals surface area contributed by atoms with Crippen LogP contribution < -0.4 is 5.32 Å². The van der Waals surface area contributed by atoms with Crippen LogP contribution in [0.25, 0.3) is 10.9 Å². The minimum Gasteiger partial charge on any atom is -0.365 e. The Labute approximate surface area is 188 Å². The predicted molar refractivity (Wildman–Crippen MR) is 127 cm³/mol. The van der Waals surface area contributed by atoms with Gasteiger partial charge in [0.1, 0.15) is 11.6 Å². The van der Waals surface area contributed by atoms with Crippen molar-refractivity contribution in [3.8, 4) is 0 Å². The lowest BCUT2D eigenvalue weighted by molar-refractivity contribution is -0.136. The first-order valence-electron chi connectivity index (χ1n) is 11.2. The predicted octanol–water partition coefficient (Wildman–Crippen LogP) is 4.38. The lowest BCUT2D eigenvalue weighted by Crippen LogP contribution is -2.42. The van der Waals surface area contributed by atoms with Crippen molar-refractivity contribution in [1.82, 2.24) is 19.8 Å². The molecule has 164 valence electrons. The highest BCUT2D eigenvalue weighted by Crippen LogP contribution is 2.24. The Morgan fingerprint density at radius 3 is 2.61 bits per heavy atom. The zero-order valence-electron chi connectivity index (χ0n) is 18.4. The van der Waals surface area contributed by atoms with Crippen LogP contribution in [0.15, 0.2) is 41.8 Å². The van der Waals surface area contributed by atoms with Crippen LogP contribution in [-0.4, -0.2) is 51.9 Å². The summed E-state index contributed by atoms with van der Waals surface area (Å²) in [6, 6.07) is 12.4. The van der Waals surface area contributed by atoms with E-state index >= 15 is 0 Å². The molecular weight excluding hydrogens is 406 g/mol. The average Bonchev–Trinajstić information content (AvgIpc) is 3.32. The van der Waals surface area contributed by atoms with Crippen LogP contribution in [0, 0.1) is 5.92 Å². The summed E-state index contributed by atoms with van der Waals surface area (Å²) in [6.45, 7) is 8.98. The first kappa shape index (κ1) is 21.7. The van der Waals surface area contributed by atoms with Gasteiger partial charge in [0.2, 0.25) is 5.91 Å². The number of rotatable bonds is 8. The van der Waals surface area contributed by atoms with Gasteiger partial charge >= 0.3 is 0 Å². The van der Waals surface area contributed by atoms with Crippen LogP contribution in [0.3, 0.4) is 0 Å². The molecule has 1 amide bonds. The molecule has 1 aromatic carbocycles. The Kier molecular flexibility index (Phi) is 7.14. The van der Waals surface area contributed by atoms with Crippen LogP contribution in [-0.2, 0) is 17.9 Å². The molecular formula is C24H31N5OS. The number of hydrogen-bond acceptors (Lipinski definition) is 6. The van der Waals surface area contributed by atoms with Crippen LogP contribution in [0.4, 0.5) is 5.82 Å². The van der Waals surface area contributed by atoms with Gasteiger partial charge in [-0.25, -0.2) is 9.97 Å². The minimum absolute atomic E-state index is 0.150. The average molecular weight is 438 g/mol. The Hall–Kier alpha value is -2.51. The van der Waals surface area contributed by atoms with Gasteiger partial charge in [0.25, 0.3) is 0 Å². The third kappa shape index (κ3) is 5.22. The molecule has 6 nitrogen and oxygen atoms in total. The number of fused-ring (bicyclic) bond motifs is 1. The maximum atomic E-state index is 12.7. The van der Waals surface area contributed by atoms with Crippen molar-refractivity contribution in [1.29, 1.82) is 0 Å². The monoisotopic (exact) mass is 437 g/mol. The summed E-state index contributed by atoms with van der Waals surface area (Å²) < 4.78 is 0. The molecule has 1 aliphatic heterocycles. The third-order valence-corrected chi connectivity index (χ3v) is 6.91. The number of hydrogen-bond donors (Lipinski definition) is 1. The van der Waals surface area contributed by atoms with E-state index < -0.39 is 0 Å². The first-order chi connectivity index (χ1) is 15.2. The lowest BCUT2D eigenvalue weighted by Gasteiger charge is -2.33. The molecule has 4 rings (SSSR count). The molecule has 0 spiro atoms. The second kappa shape index (κ2) is 10.2. The summed E-state index contributed by atoms with van der Waals surface area (Å²) in [4.78, 5) is 28.0. The smallest absolute Gasteiger partial charge is 0.225 e. The normalized spacial score (nSPS) is 15.3. The molecule has 1 fully saturated rings. The third-order valence-electron chi connectivity index (χ3n) is 6.04. The van der Waals surface area contributed by atoms with Crippen molar-refractivity contribution in [2.24, 2.45) is 5.92 Å². The van der Waals surface area contributed by atoms with Gasteiger partial charge in [-0.2, -0.15) is 0 Å². The van der Waals surface area contributed by atoms with Gasteiger partial charge in [-0.15, -0.1) is 11.3 Å². The largest absolute Gasteiger partial charge is 0.365 e. The highest BCUT2D eigenvalue weighted by molar-refractivity contribution is 7.09. The van der Waals surface area contributed by atoms with E-state index in [9.17, 15) is 4.79 Å². The van der Waals surface area contributed by atoms with Crippen LogP contribution >= 0.6 is 11.3 Å². The molecule has 1 aliphatic rings. The van der Waals surface area contributed by atoms with Gasteiger partial charge in [-0.1, -0.05) is 18.2 Å². The van der Waals surface area contributed by atoms with E-state index in [1.54, 1.807) is 11.3 Å². The van der Waals surface area contributed by atoms with Crippen molar-refractivity contribution < 1.29 is 4.79 Å². The number of likely N-dealkylation sites (tertiary alicyclic amines) is 1. The molecule has 0 saturated carbocycles. The van der Waals surface area contributed by atoms with Crippen molar-refractivity contribution in [2.75, 3.05) is 31.5 Å². The van der Waals surface area contributed by atoms with Crippen molar-refractivity contribution >= 4 is 34.0 Å². The van der Waals surface area contributed by atoms with Crippen molar-refractivity contribution in [3.05, 3.63) is 52.5 Å². The second-order valence-electron chi connectivity index (χ2n) is 8.00. The summed E-state index contributed by atoms with van der Waals surface area (Å²) in [5.74, 6) is 2.19. The summed E-state index contributed by atoms with van der Waals surface area (Å²) in [7, 11) is 0. The van der Waals surface area contributed by atoms with E-state index in [2.05, 4.69) is 47.6 Å². The van der Waals surface area contributed by atoms with E-state index in [1.807, 2.05) is 23.1 Å². The SMILES string of the molecule is CCN(CC)C(=O)C1CCN(Cc2nc(NCc3cccs3)c3ccccc3n2)CC1. The van der Waals surface area contributed by atoms with E-state index in [0.29, 0.717) is 12.5 Å². The first-order valence-corrected chi connectivity index (χ1v) is 12.1. The minimum atomic E-state index is 0.150. The maximum absolute atomic E-state index is 12.7. The number of carbonyl (C=O) groups excluding carboxylic acids is 1. The fourth-order valence-corrected chi connectivity index (χ4v) is 4.89. The summed E-state index contributed by atoms with van der Waals surface area (Å²) in [5.41, 5.74) is 0.966. The highest BCUT2D eigenvalue weighted by atomic mass is 32.1. The highest BCUT2D eigenvalue weighted by Gasteiger charge is 2.27. The van der Waals surface area contributed by atoms with Crippen LogP contribution in [0.5, 0.6) is 0 Å². The molecule has 3 aromatic rings. The molecule has 0 radical (unpaired) electrons. The van der Waals surface area contributed by atoms with E-state index in [0.717, 1.165) is 68.1 Å². The molecule has 3 heterocycles. The van der Waals surface area contributed by atoms with Crippen LogP contribution in [0.1, 0.15) is 37.4 Å². The number of carbonyl (C=O) groups is 1. The number of nitrogens with zero attached hydrogens (tertiary/aromatic N) is 4. The standard InChI is InChI=1S/C24H31N5OS/c1-3-29(4-2)24(30)18-11-13-28(14-12-18)17-22-26-21-10-6-5-9-20(21)23(27-22)25-16-19-8-7-15-31-19/h5-10,15,18H,3-4,11-14,16-17H2,1-2H3,(H,25,26,27). The van der Waals surface area contributed by atoms with Crippen molar-refractivity contribution in [2.45, 2.75) is 39.8 Å². The summed E-state index contributed by atoms with van der Waals surface area (Å²) in [5, 5.41) is 6.65. The van der Waals surface area contributed by atoms with E-state index in [4.69, 9.17) is 9.97 Å². The number of anilines is 1. The van der Waals surface area contributed by atoms with Crippen molar-refractivity contribution in [3.63, 3.8) is 0 Å². The van der Waals surface area contributed by atoms with E-state index in [1.165, 1.54) is 4.88 Å². The number of piperidine rings is 1. The van der Waals surface area contributed by atoms with Gasteiger partial charge in [-0.05, 0) is 63.4 Å². The molecule has 31 heavy (non-hydrogen) atoms. The molecule has 7 heteroatoms. The molecule has 0 aliphatic carbocycles. The summed E-state index contributed by atoms with van der Waals surface area (Å²) in [6.07, 6.45) is 1.82. The molecule has 0 atom stereocenters. The van der Waals surface area contributed by atoms with Gasteiger partial charge in [-0.3, -0.25) is 9.69 Å². The molecule has 0 bridgehead atoms. The van der Waals surface area contributed by atoms with Gasteiger partial charge in [0.05, 0.1) is 18.6 Å². The zero-order chi connectivity index (χ0) is 21.6. The Morgan fingerprint density at radius 2 is 1.90 bits per heavy atom. The number of para-hydroxylation sites is 1. The van der Waals surface area contributed by atoms with Gasteiger partial charge in [0, 0.05) is 29.3 Å². The number of aromatic nitrogens is 2. The lowest BCUT2D eigenvalue weighted by atomic mass is 9.95. The second-order valence-corrected chi connectivity index (χ2v) is 9.03. The summed E-state index contributed by atoms with van der Waals surface area (Å²) >= 11 is 1.74. The fourth-order valence-electron chi connectivity index (χ4n) is 4.25. The van der Waals surface area contributed by atoms with Crippen LogP contribution in [0.2, 0.25) is 0 Å². The number of nitrogens with one attached hydrogen (secondary N) is 1. The number of thiophene rings is 1. The molecule has 0 unspecified atom stereocenters. The Balaban J connectivity index is 1.43.